The number of methoxy groups -OCH3 is 1. The lowest BCUT2D eigenvalue weighted by Crippen LogP contribution is -2.12. The molecule has 0 bridgehead atoms. The number of ether oxygens (including phenoxy) is 1. The zero-order valence-corrected chi connectivity index (χ0v) is 9.10. The molecule has 0 spiro atoms. The fourth-order valence-corrected chi connectivity index (χ4v) is 1.34. The van der Waals surface area contributed by atoms with E-state index in [2.05, 4.69) is 15.5 Å². The fourth-order valence-electron chi connectivity index (χ4n) is 1.34. The molecule has 0 saturated carbocycles. The second kappa shape index (κ2) is 4.56. The molecule has 0 radical (unpaired) electrons. The van der Waals surface area contributed by atoms with Gasteiger partial charge < -0.3 is 15.2 Å². The van der Waals surface area contributed by atoms with E-state index in [-0.39, 0.29) is 17.4 Å². The molecule has 0 fully saturated rings. The number of phenols is 1. The standard InChI is InChI=1S/C11H11N3O3/c1-17-9-6-7(2-3-8(9)15)11(16)13-10-4-5-12-14-10/h2-6,15H,1H3,(H2,12,13,14,16). The van der Waals surface area contributed by atoms with Gasteiger partial charge >= 0.3 is 0 Å². The molecule has 0 aliphatic carbocycles. The van der Waals surface area contributed by atoms with E-state index in [4.69, 9.17) is 4.74 Å². The van der Waals surface area contributed by atoms with Gasteiger partial charge in [0.2, 0.25) is 0 Å². The maximum absolute atomic E-state index is 11.8. The fraction of sp³-hybridized carbons (Fsp3) is 0.0909. The molecule has 0 saturated heterocycles. The van der Waals surface area contributed by atoms with Crippen molar-refractivity contribution in [2.75, 3.05) is 12.4 Å². The maximum Gasteiger partial charge on any atom is 0.256 e. The van der Waals surface area contributed by atoms with Crippen LogP contribution in [0, 0.1) is 0 Å². The zero-order chi connectivity index (χ0) is 12.3. The Kier molecular flexibility index (Phi) is 2.95. The number of phenolic OH excluding ortho intramolecular Hbond substituents is 1. The maximum atomic E-state index is 11.8. The van der Waals surface area contributed by atoms with Gasteiger partial charge in [-0.15, -0.1) is 0 Å². The first-order valence-electron chi connectivity index (χ1n) is 4.88. The molecule has 1 aromatic carbocycles. The third-order valence-electron chi connectivity index (χ3n) is 2.19. The van der Waals surface area contributed by atoms with Crippen LogP contribution in [0.1, 0.15) is 10.4 Å². The largest absolute Gasteiger partial charge is 0.504 e. The number of aromatic hydroxyl groups is 1. The van der Waals surface area contributed by atoms with Gasteiger partial charge in [0.15, 0.2) is 11.5 Å². The Morgan fingerprint density at radius 2 is 2.29 bits per heavy atom. The number of anilines is 1. The molecule has 1 aromatic heterocycles. The molecule has 6 nitrogen and oxygen atoms in total. The van der Waals surface area contributed by atoms with Gasteiger partial charge in [-0.1, -0.05) is 0 Å². The minimum absolute atomic E-state index is 0.00871. The number of H-pyrrole nitrogens is 1. The first-order chi connectivity index (χ1) is 8.20. The normalized spacial score (nSPS) is 9.94. The summed E-state index contributed by atoms with van der Waals surface area (Å²) < 4.78 is 4.92. The summed E-state index contributed by atoms with van der Waals surface area (Å²) in [5.74, 6) is 0.433. The number of hydrogen-bond donors (Lipinski definition) is 3. The summed E-state index contributed by atoms with van der Waals surface area (Å²) in [5, 5.41) is 18.3. The Bertz CT molecular complexity index is 523. The molecular weight excluding hydrogens is 222 g/mol. The molecule has 17 heavy (non-hydrogen) atoms. The minimum atomic E-state index is -0.312. The lowest BCUT2D eigenvalue weighted by molar-refractivity contribution is 0.102. The van der Waals surface area contributed by atoms with Crippen molar-refractivity contribution in [1.29, 1.82) is 0 Å². The van der Waals surface area contributed by atoms with Gasteiger partial charge in [-0.25, -0.2) is 0 Å². The van der Waals surface area contributed by atoms with Gasteiger partial charge in [0.05, 0.1) is 13.3 Å². The Hall–Kier alpha value is -2.50. The van der Waals surface area contributed by atoms with Crippen molar-refractivity contribution in [2.45, 2.75) is 0 Å². The van der Waals surface area contributed by atoms with E-state index < -0.39 is 0 Å². The third-order valence-corrected chi connectivity index (χ3v) is 2.19. The number of amides is 1. The quantitative estimate of drug-likeness (QED) is 0.747. The smallest absolute Gasteiger partial charge is 0.256 e. The van der Waals surface area contributed by atoms with Crippen molar-refractivity contribution >= 4 is 11.7 Å². The lowest BCUT2D eigenvalue weighted by Gasteiger charge is -2.06. The zero-order valence-electron chi connectivity index (χ0n) is 9.10. The molecule has 2 aromatic rings. The molecule has 2 rings (SSSR count). The second-order valence-electron chi connectivity index (χ2n) is 3.31. The van der Waals surface area contributed by atoms with Crippen LogP contribution in [0.3, 0.4) is 0 Å². The molecule has 0 unspecified atom stereocenters. The van der Waals surface area contributed by atoms with Crippen LogP contribution in [0.2, 0.25) is 0 Å². The lowest BCUT2D eigenvalue weighted by atomic mass is 10.2. The summed E-state index contributed by atoms with van der Waals surface area (Å²) in [5.41, 5.74) is 0.384. The van der Waals surface area contributed by atoms with Gasteiger partial charge in [-0.05, 0) is 18.2 Å². The van der Waals surface area contributed by atoms with Crippen LogP contribution >= 0.6 is 0 Å². The summed E-state index contributed by atoms with van der Waals surface area (Å²) in [4.78, 5) is 11.8. The van der Waals surface area contributed by atoms with Crippen molar-refractivity contribution in [3.8, 4) is 11.5 Å². The third kappa shape index (κ3) is 2.36. The van der Waals surface area contributed by atoms with Crippen LogP contribution in [0.15, 0.2) is 30.5 Å². The average molecular weight is 233 g/mol. The van der Waals surface area contributed by atoms with Crippen LogP contribution in [0.25, 0.3) is 0 Å². The highest BCUT2D eigenvalue weighted by Crippen LogP contribution is 2.26. The molecular formula is C11H11N3O3. The summed E-state index contributed by atoms with van der Waals surface area (Å²) in [7, 11) is 1.42. The van der Waals surface area contributed by atoms with Crippen LogP contribution in [-0.2, 0) is 0 Å². The highest BCUT2D eigenvalue weighted by molar-refractivity contribution is 6.04. The first kappa shape index (κ1) is 11.0. The van der Waals surface area contributed by atoms with E-state index in [1.54, 1.807) is 6.07 Å². The predicted octanol–water partition coefficient (Wildman–Crippen LogP) is 1.38. The summed E-state index contributed by atoms with van der Waals surface area (Å²) in [6.45, 7) is 0. The average Bonchev–Trinajstić information content (AvgIpc) is 2.82. The first-order valence-corrected chi connectivity index (χ1v) is 4.88. The topological polar surface area (TPSA) is 87.2 Å². The van der Waals surface area contributed by atoms with Crippen LogP contribution in [0.4, 0.5) is 5.82 Å². The summed E-state index contributed by atoms with van der Waals surface area (Å²) >= 11 is 0. The number of aromatic amines is 1. The van der Waals surface area contributed by atoms with E-state index in [1.807, 2.05) is 0 Å². The molecule has 88 valence electrons. The molecule has 0 aliphatic heterocycles. The number of nitrogens with one attached hydrogen (secondary N) is 2. The monoisotopic (exact) mass is 233 g/mol. The second-order valence-corrected chi connectivity index (χ2v) is 3.31. The Morgan fingerprint density at radius 3 is 2.94 bits per heavy atom. The SMILES string of the molecule is COc1cc(C(=O)Nc2ccn[nH]2)ccc1O. The van der Waals surface area contributed by atoms with E-state index in [9.17, 15) is 9.90 Å². The Labute approximate surface area is 97.2 Å². The number of rotatable bonds is 3. The van der Waals surface area contributed by atoms with Crippen molar-refractivity contribution in [2.24, 2.45) is 0 Å². The molecule has 1 amide bonds. The Morgan fingerprint density at radius 1 is 1.47 bits per heavy atom. The van der Waals surface area contributed by atoms with Gasteiger partial charge in [0.25, 0.3) is 5.91 Å². The molecule has 6 heteroatoms. The highest BCUT2D eigenvalue weighted by Gasteiger charge is 2.10. The molecule has 0 aliphatic rings. The van der Waals surface area contributed by atoms with Gasteiger partial charge in [0.1, 0.15) is 5.82 Å². The van der Waals surface area contributed by atoms with Gasteiger partial charge in [-0.3, -0.25) is 9.89 Å². The minimum Gasteiger partial charge on any atom is -0.504 e. The van der Waals surface area contributed by atoms with Gasteiger partial charge in [-0.2, -0.15) is 5.10 Å². The van der Waals surface area contributed by atoms with Crippen LogP contribution in [0.5, 0.6) is 11.5 Å². The number of hydrogen-bond acceptors (Lipinski definition) is 4. The number of nitrogens with zero attached hydrogens (tertiary/aromatic N) is 1. The Balaban J connectivity index is 2.19. The number of carbonyl (C=O) groups is 1. The molecule has 0 atom stereocenters. The van der Waals surface area contributed by atoms with Crippen LogP contribution < -0.4 is 10.1 Å². The van der Waals surface area contributed by atoms with Crippen molar-refractivity contribution in [3.05, 3.63) is 36.0 Å². The van der Waals surface area contributed by atoms with Crippen molar-refractivity contribution in [3.63, 3.8) is 0 Å². The number of aromatic nitrogens is 2. The number of carbonyl (C=O) groups excluding carboxylic acids is 1. The highest BCUT2D eigenvalue weighted by atomic mass is 16.5. The molecule has 1 heterocycles. The van der Waals surface area contributed by atoms with E-state index >= 15 is 0 Å². The van der Waals surface area contributed by atoms with Crippen LogP contribution in [-0.4, -0.2) is 28.3 Å². The summed E-state index contributed by atoms with van der Waals surface area (Å²) in [6, 6.07) is 6.00. The molecule has 3 N–H and O–H groups in total. The van der Waals surface area contributed by atoms with Crippen molar-refractivity contribution in [1.82, 2.24) is 10.2 Å². The van der Waals surface area contributed by atoms with E-state index in [1.165, 1.54) is 31.5 Å². The predicted molar refractivity (Wildman–Crippen MR) is 61.2 cm³/mol. The summed E-state index contributed by atoms with van der Waals surface area (Å²) in [6.07, 6.45) is 1.53. The van der Waals surface area contributed by atoms with E-state index in [0.29, 0.717) is 11.4 Å². The van der Waals surface area contributed by atoms with Gasteiger partial charge in [0, 0.05) is 11.6 Å². The van der Waals surface area contributed by atoms with Crippen molar-refractivity contribution < 1.29 is 14.6 Å². The van der Waals surface area contributed by atoms with E-state index in [0.717, 1.165) is 0 Å². The number of benzene rings is 1.